The van der Waals surface area contributed by atoms with Crippen LogP contribution in [-0.4, -0.2) is 28.2 Å². The largest absolute Gasteiger partial charge is 0.420 e. The third-order valence-electron chi connectivity index (χ3n) is 4.32. The Kier molecular flexibility index (Phi) is 3.97. The second kappa shape index (κ2) is 6.26. The average Bonchev–Trinajstić information content (AvgIpc) is 3.29. The Morgan fingerprint density at radius 2 is 2.09 bits per heavy atom. The molecule has 3 heterocycles. The maximum Gasteiger partial charge on any atom is 0.247 e. The van der Waals surface area contributed by atoms with Crippen LogP contribution >= 0.6 is 11.3 Å². The summed E-state index contributed by atoms with van der Waals surface area (Å²) in [7, 11) is 0. The molecule has 0 aliphatic carbocycles. The molecule has 1 atom stereocenters. The van der Waals surface area contributed by atoms with Gasteiger partial charge in [-0.3, -0.25) is 4.90 Å². The minimum absolute atomic E-state index is 0.349. The van der Waals surface area contributed by atoms with Crippen LogP contribution in [0.4, 0.5) is 0 Å². The fraction of sp³-hybridized carbons (Fsp3) is 0.333. The molecule has 5 heteroatoms. The molecule has 118 valence electrons. The van der Waals surface area contributed by atoms with E-state index in [-0.39, 0.29) is 0 Å². The smallest absolute Gasteiger partial charge is 0.247 e. The van der Waals surface area contributed by atoms with Crippen molar-refractivity contribution in [1.29, 1.82) is 0 Å². The predicted molar refractivity (Wildman–Crippen MR) is 91.4 cm³/mol. The molecule has 4 nitrogen and oxygen atoms in total. The number of benzene rings is 1. The molecular formula is C18H19N3OS. The highest BCUT2D eigenvalue weighted by molar-refractivity contribution is 7.09. The average molecular weight is 325 g/mol. The molecule has 1 fully saturated rings. The van der Waals surface area contributed by atoms with E-state index in [0.29, 0.717) is 11.8 Å². The Hall–Kier alpha value is -1.98. The fourth-order valence-electron chi connectivity index (χ4n) is 3.01. The van der Waals surface area contributed by atoms with Gasteiger partial charge in [0.2, 0.25) is 11.8 Å². The molecule has 0 bridgehead atoms. The summed E-state index contributed by atoms with van der Waals surface area (Å²) >= 11 is 1.82. The lowest BCUT2D eigenvalue weighted by Crippen LogP contribution is -2.19. The van der Waals surface area contributed by atoms with E-state index in [9.17, 15) is 0 Å². The van der Waals surface area contributed by atoms with Crippen LogP contribution in [0.25, 0.3) is 11.5 Å². The van der Waals surface area contributed by atoms with Crippen LogP contribution in [0, 0.1) is 6.92 Å². The van der Waals surface area contributed by atoms with Gasteiger partial charge in [0.1, 0.15) is 0 Å². The van der Waals surface area contributed by atoms with Gasteiger partial charge >= 0.3 is 0 Å². The van der Waals surface area contributed by atoms with Crippen LogP contribution in [0.15, 0.2) is 46.2 Å². The van der Waals surface area contributed by atoms with Gasteiger partial charge in [-0.15, -0.1) is 21.5 Å². The van der Waals surface area contributed by atoms with Gasteiger partial charge in [-0.1, -0.05) is 23.8 Å². The zero-order valence-corrected chi connectivity index (χ0v) is 13.9. The van der Waals surface area contributed by atoms with E-state index in [1.807, 2.05) is 23.5 Å². The van der Waals surface area contributed by atoms with Crippen LogP contribution in [0.1, 0.15) is 28.7 Å². The highest BCUT2D eigenvalue weighted by Crippen LogP contribution is 2.30. The molecule has 0 unspecified atom stereocenters. The van der Waals surface area contributed by atoms with Crippen molar-refractivity contribution < 1.29 is 4.42 Å². The molecule has 1 aliphatic rings. The van der Waals surface area contributed by atoms with Crippen LogP contribution in [0.2, 0.25) is 0 Å². The van der Waals surface area contributed by atoms with E-state index in [0.717, 1.165) is 37.5 Å². The van der Waals surface area contributed by atoms with Crippen LogP contribution in [-0.2, 0) is 6.54 Å². The first-order valence-corrected chi connectivity index (χ1v) is 8.81. The van der Waals surface area contributed by atoms with Crippen LogP contribution in [0.3, 0.4) is 0 Å². The first-order chi connectivity index (χ1) is 11.3. The summed E-state index contributed by atoms with van der Waals surface area (Å²) in [6.45, 7) is 5.18. The standard InChI is InChI=1S/C18H19N3OS/c1-13-4-6-14(7-5-13)17-19-20-18(22-17)15-8-9-21(11-15)12-16-3-2-10-23-16/h2-7,10,15H,8-9,11-12H2,1H3/t15-/m0/s1. The predicted octanol–water partition coefficient (Wildman–Crippen LogP) is 4.10. The van der Waals surface area contributed by atoms with Gasteiger partial charge in [-0.25, -0.2) is 0 Å². The molecule has 0 radical (unpaired) electrons. The summed E-state index contributed by atoms with van der Waals surface area (Å²) < 4.78 is 5.93. The van der Waals surface area contributed by atoms with Gasteiger partial charge in [0.25, 0.3) is 0 Å². The van der Waals surface area contributed by atoms with Crippen molar-refractivity contribution in [3.63, 3.8) is 0 Å². The molecule has 4 rings (SSSR count). The van der Waals surface area contributed by atoms with E-state index in [1.54, 1.807) is 0 Å². The minimum Gasteiger partial charge on any atom is -0.420 e. The van der Waals surface area contributed by atoms with E-state index >= 15 is 0 Å². The van der Waals surface area contributed by atoms with Gasteiger partial charge in [0.15, 0.2) is 0 Å². The Morgan fingerprint density at radius 3 is 2.87 bits per heavy atom. The second-order valence-electron chi connectivity index (χ2n) is 6.11. The summed E-state index contributed by atoms with van der Waals surface area (Å²) in [5.74, 6) is 1.74. The molecular weight excluding hydrogens is 306 g/mol. The van der Waals surface area contributed by atoms with E-state index in [2.05, 4.69) is 51.7 Å². The number of aryl methyl sites for hydroxylation is 1. The molecule has 1 aromatic carbocycles. The number of thiophene rings is 1. The van der Waals surface area contributed by atoms with Crippen molar-refractivity contribution in [2.45, 2.75) is 25.8 Å². The monoisotopic (exact) mass is 325 g/mol. The second-order valence-corrected chi connectivity index (χ2v) is 7.14. The zero-order chi connectivity index (χ0) is 15.6. The molecule has 1 saturated heterocycles. The van der Waals surface area contributed by atoms with Crippen molar-refractivity contribution in [1.82, 2.24) is 15.1 Å². The van der Waals surface area contributed by atoms with Gasteiger partial charge in [0, 0.05) is 23.5 Å². The third kappa shape index (κ3) is 3.21. The van der Waals surface area contributed by atoms with Crippen molar-refractivity contribution in [3.8, 4) is 11.5 Å². The summed E-state index contributed by atoms with van der Waals surface area (Å²) in [6.07, 6.45) is 1.08. The number of rotatable bonds is 4. The summed E-state index contributed by atoms with van der Waals surface area (Å²) in [5, 5.41) is 10.6. The molecule has 3 aromatic rings. The van der Waals surface area contributed by atoms with Gasteiger partial charge in [-0.05, 0) is 43.5 Å². The molecule has 0 spiro atoms. The van der Waals surface area contributed by atoms with E-state index in [4.69, 9.17) is 4.42 Å². The number of hydrogen-bond acceptors (Lipinski definition) is 5. The lowest BCUT2D eigenvalue weighted by Gasteiger charge is -2.13. The lowest BCUT2D eigenvalue weighted by atomic mass is 10.1. The highest BCUT2D eigenvalue weighted by Gasteiger charge is 2.28. The summed E-state index contributed by atoms with van der Waals surface area (Å²) in [6, 6.07) is 12.5. The maximum atomic E-state index is 5.93. The Labute approximate surface area is 139 Å². The molecule has 0 amide bonds. The number of likely N-dealkylation sites (tertiary alicyclic amines) is 1. The fourth-order valence-corrected chi connectivity index (χ4v) is 3.76. The Balaban J connectivity index is 1.44. The maximum absolute atomic E-state index is 5.93. The van der Waals surface area contributed by atoms with Crippen molar-refractivity contribution in [2.24, 2.45) is 0 Å². The molecule has 0 saturated carbocycles. The normalized spacial score (nSPS) is 18.6. The molecule has 1 aliphatic heterocycles. The number of hydrogen-bond donors (Lipinski definition) is 0. The summed E-state index contributed by atoms with van der Waals surface area (Å²) in [5.41, 5.74) is 2.22. The zero-order valence-electron chi connectivity index (χ0n) is 13.1. The quantitative estimate of drug-likeness (QED) is 0.724. The highest BCUT2D eigenvalue weighted by atomic mass is 32.1. The van der Waals surface area contributed by atoms with Gasteiger partial charge in [-0.2, -0.15) is 0 Å². The van der Waals surface area contributed by atoms with Crippen molar-refractivity contribution in [3.05, 3.63) is 58.1 Å². The Bertz CT molecular complexity index is 764. The molecule has 0 N–H and O–H groups in total. The minimum atomic E-state index is 0.349. The first-order valence-electron chi connectivity index (χ1n) is 7.93. The molecule has 23 heavy (non-hydrogen) atoms. The topological polar surface area (TPSA) is 42.2 Å². The van der Waals surface area contributed by atoms with Crippen molar-refractivity contribution in [2.75, 3.05) is 13.1 Å². The van der Waals surface area contributed by atoms with Crippen LogP contribution < -0.4 is 0 Å². The number of aromatic nitrogens is 2. The molecule has 2 aromatic heterocycles. The summed E-state index contributed by atoms with van der Waals surface area (Å²) in [4.78, 5) is 3.88. The van der Waals surface area contributed by atoms with Crippen molar-refractivity contribution >= 4 is 11.3 Å². The lowest BCUT2D eigenvalue weighted by molar-refractivity contribution is 0.323. The third-order valence-corrected chi connectivity index (χ3v) is 5.18. The van der Waals surface area contributed by atoms with Gasteiger partial charge in [0.05, 0.1) is 5.92 Å². The van der Waals surface area contributed by atoms with E-state index in [1.165, 1.54) is 10.4 Å². The number of nitrogens with zero attached hydrogens (tertiary/aromatic N) is 3. The van der Waals surface area contributed by atoms with E-state index < -0.39 is 0 Å². The van der Waals surface area contributed by atoms with Crippen LogP contribution in [0.5, 0.6) is 0 Å². The Morgan fingerprint density at radius 1 is 1.22 bits per heavy atom. The first kappa shape index (κ1) is 14.6. The van der Waals surface area contributed by atoms with Gasteiger partial charge < -0.3 is 4.42 Å². The SMILES string of the molecule is Cc1ccc(-c2nnc([C@H]3CCN(Cc4cccs4)C3)o2)cc1.